The second-order valence-electron chi connectivity index (χ2n) is 5.23. The lowest BCUT2D eigenvalue weighted by Crippen LogP contribution is -2.11. The lowest BCUT2D eigenvalue weighted by Gasteiger charge is -2.05. The smallest absolute Gasteiger partial charge is 0.230 e. The van der Waals surface area contributed by atoms with Crippen molar-refractivity contribution in [2.24, 2.45) is 0 Å². The molecule has 1 aromatic heterocycles. The van der Waals surface area contributed by atoms with Gasteiger partial charge in [0.05, 0.1) is 5.75 Å². The lowest BCUT2D eigenvalue weighted by molar-refractivity contribution is 0.341. The molecule has 1 saturated carbocycles. The average molecular weight is 308 g/mol. The molecule has 2 aromatic rings. The third-order valence-corrected chi connectivity index (χ3v) is 4.11. The maximum atomic E-state index is 11.0. The fourth-order valence-electron chi connectivity index (χ4n) is 1.86. The van der Waals surface area contributed by atoms with E-state index >= 15 is 0 Å². The number of hydrogen-bond acceptors (Lipinski definition) is 6. The molecule has 0 unspecified atom stereocenters. The van der Waals surface area contributed by atoms with E-state index in [1.54, 1.807) is 12.1 Å². The van der Waals surface area contributed by atoms with Crippen molar-refractivity contribution in [2.75, 3.05) is 18.6 Å². The summed E-state index contributed by atoms with van der Waals surface area (Å²) in [6.07, 6.45) is 3.43. The number of ether oxygens (including phenoxy) is 1. The van der Waals surface area contributed by atoms with Crippen LogP contribution in [0.25, 0.3) is 11.4 Å². The number of hydrogen-bond donors (Lipinski definition) is 0. The quantitative estimate of drug-likeness (QED) is 0.812. The normalized spacial score (nSPS) is 15.1. The highest BCUT2D eigenvalue weighted by Crippen LogP contribution is 2.39. The molecule has 112 valence electrons. The minimum Gasteiger partial charge on any atom is -0.493 e. The minimum absolute atomic E-state index is 0.00431. The standard InChI is InChI=1S/C14H16N2O4S/c1-21(17,18)9-8-19-12-6-4-10(5-7-12)13-15-14(20-16-13)11-2-3-11/h4-7,11H,2-3,8-9H2,1H3. The van der Waals surface area contributed by atoms with Crippen molar-refractivity contribution in [3.63, 3.8) is 0 Å². The van der Waals surface area contributed by atoms with Gasteiger partial charge < -0.3 is 9.26 Å². The molecule has 21 heavy (non-hydrogen) atoms. The highest BCUT2D eigenvalue weighted by Gasteiger charge is 2.29. The molecular formula is C14H16N2O4S. The zero-order valence-electron chi connectivity index (χ0n) is 11.7. The van der Waals surface area contributed by atoms with Gasteiger partial charge in [0.2, 0.25) is 11.7 Å². The van der Waals surface area contributed by atoms with Crippen LogP contribution in [0.2, 0.25) is 0 Å². The van der Waals surface area contributed by atoms with Crippen LogP contribution in [0.15, 0.2) is 28.8 Å². The van der Waals surface area contributed by atoms with E-state index in [-0.39, 0.29) is 12.4 Å². The van der Waals surface area contributed by atoms with Crippen molar-refractivity contribution >= 4 is 9.84 Å². The van der Waals surface area contributed by atoms with Crippen LogP contribution in [0.4, 0.5) is 0 Å². The Kier molecular flexibility index (Phi) is 3.67. The Labute approximate surface area is 123 Å². The molecular weight excluding hydrogens is 292 g/mol. The predicted molar refractivity (Wildman–Crippen MR) is 76.9 cm³/mol. The first-order valence-corrected chi connectivity index (χ1v) is 8.82. The topological polar surface area (TPSA) is 82.3 Å². The Morgan fingerprint density at radius 2 is 2.00 bits per heavy atom. The van der Waals surface area contributed by atoms with Gasteiger partial charge in [-0.3, -0.25) is 0 Å². The molecule has 1 fully saturated rings. The summed E-state index contributed by atoms with van der Waals surface area (Å²) >= 11 is 0. The Morgan fingerprint density at radius 1 is 1.29 bits per heavy atom. The van der Waals surface area contributed by atoms with Gasteiger partial charge in [0, 0.05) is 17.7 Å². The Hall–Kier alpha value is -1.89. The molecule has 1 aliphatic rings. The first-order chi connectivity index (χ1) is 10.0. The van der Waals surface area contributed by atoms with Gasteiger partial charge in [0.25, 0.3) is 0 Å². The van der Waals surface area contributed by atoms with E-state index in [1.165, 1.54) is 6.26 Å². The first kappa shape index (κ1) is 14.1. The fourth-order valence-corrected chi connectivity index (χ4v) is 2.25. The Morgan fingerprint density at radius 3 is 2.62 bits per heavy atom. The number of nitrogens with zero attached hydrogens (tertiary/aromatic N) is 2. The molecule has 0 spiro atoms. The maximum absolute atomic E-state index is 11.0. The SMILES string of the molecule is CS(=O)(=O)CCOc1ccc(-c2noc(C3CC3)n2)cc1. The Bertz CT molecular complexity index is 718. The third-order valence-electron chi connectivity index (χ3n) is 3.20. The van der Waals surface area contributed by atoms with Gasteiger partial charge in [-0.15, -0.1) is 0 Å². The average Bonchev–Trinajstić information content (AvgIpc) is 3.16. The van der Waals surface area contributed by atoms with E-state index in [4.69, 9.17) is 9.26 Å². The van der Waals surface area contributed by atoms with Crippen molar-refractivity contribution < 1.29 is 17.7 Å². The molecule has 0 aliphatic heterocycles. The molecule has 0 bridgehead atoms. The van der Waals surface area contributed by atoms with Crippen LogP contribution in [0.1, 0.15) is 24.7 Å². The van der Waals surface area contributed by atoms with Gasteiger partial charge in [0.15, 0.2) is 9.84 Å². The molecule has 1 aliphatic carbocycles. The second-order valence-corrected chi connectivity index (χ2v) is 7.49. The van der Waals surface area contributed by atoms with Gasteiger partial charge in [-0.25, -0.2) is 8.42 Å². The van der Waals surface area contributed by atoms with E-state index in [1.807, 2.05) is 12.1 Å². The second kappa shape index (κ2) is 5.48. The van der Waals surface area contributed by atoms with Gasteiger partial charge in [-0.05, 0) is 37.1 Å². The van der Waals surface area contributed by atoms with E-state index in [2.05, 4.69) is 10.1 Å². The van der Waals surface area contributed by atoms with Crippen LogP contribution in [-0.4, -0.2) is 37.2 Å². The zero-order chi connectivity index (χ0) is 14.9. The number of benzene rings is 1. The van der Waals surface area contributed by atoms with E-state index in [9.17, 15) is 8.42 Å². The van der Waals surface area contributed by atoms with Crippen LogP contribution in [-0.2, 0) is 9.84 Å². The lowest BCUT2D eigenvalue weighted by atomic mass is 10.2. The van der Waals surface area contributed by atoms with Crippen molar-refractivity contribution in [3.8, 4) is 17.1 Å². The highest BCUT2D eigenvalue weighted by molar-refractivity contribution is 7.90. The van der Waals surface area contributed by atoms with Crippen LogP contribution in [0.5, 0.6) is 5.75 Å². The van der Waals surface area contributed by atoms with Crippen molar-refractivity contribution in [3.05, 3.63) is 30.2 Å². The number of sulfone groups is 1. The maximum Gasteiger partial charge on any atom is 0.230 e. The van der Waals surface area contributed by atoms with Crippen molar-refractivity contribution in [2.45, 2.75) is 18.8 Å². The summed E-state index contributed by atoms with van der Waals surface area (Å²) in [6, 6.07) is 7.20. The highest BCUT2D eigenvalue weighted by atomic mass is 32.2. The largest absolute Gasteiger partial charge is 0.493 e. The Balaban J connectivity index is 1.62. The summed E-state index contributed by atoms with van der Waals surface area (Å²) in [4.78, 5) is 4.37. The molecule has 6 nitrogen and oxygen atoms in total. The van der Waals surface area contributed by atoms with E-state index in [0.29, 0.717) is 23.4 Å². The van der Waals surface area contributed by atoms with Crippen LogP contribution in [0.3, 0.4) is 0 Å². The molecule has 0 saturated heterocycles. The van der Waals surface area contributed by atoms with E-state index in [0.717, 1.165) is 18.4 Å². The van der Waals surface area contributed by atoms with Gasteiger partial charge >= 0.3 is 0 Å². The third kappa shape index (κ3) is 3.81. The van der Waals surface area contributed by atoms with E-state index < -0.39 is 9.84 Å². The fraction of sp³-hybridized carbons (Fsp3) is 0.429. The summed E-state index contributed by atoms with van der Waals surface area (Å²) in [5, 5.41) is 3.97. The first-order valence-electron chi connectivity index (χ1n) is 6.76. The van der Waals surface area contributed by atoms with Crippen LogP contribution in [0, 0.1) is 0 Å². The summed E-state index contributed by atoms with van der Waals surface area (Å²) in [6.45, 7) is 0.145. The zero-order valence-corrected chi connectivity index (χ0v) is 12.5. The molecule has 1 heterocycles. The minimum atomic E-state index is -3.00. The predicted octanol–water partition coefficient (Wildman–Crippen LogP) is 2.04. The molecule has 0 amide bonds. The molecule has 3 rings (SSSR count). The summed E-state index contributed by atoms with van der Waals surface area (Å²) in [5.41, 5.74) is 0.848. The summed E-state index contributed by atoms with van der Waals surface area (Å²) < 4.78 is 32.6. The molecule has 0 N–H and O–H groups in total. The summed E-state index contributed by atoms with van der Waals surface area (Å²) in [7, 11) is -3.00. The summed E-state index contributed by atoms with van der Waals surface area (Å²) in [5.74, 6) is 2.33. The monoisotopic (exact) mass is 308 g/mol. The number of rotatable bonds is 6. The molecule has 0 radical (unpaired) electrons. The van der Waals surface area contributed by atoms with Crippen molar-refractivity contribution in [1.29, 1.82) is 0 Å². The molecule has 7 heteroatoms. The number of aromatic nitrogens is 2. The van der Waals surface area contributed by atoms with Gasteiger partial charge in [-0.2, -0.15) is 4.98 Å². The van der Waals surface area contributed by atoms with Gasteiger partial charge in [-0.1, -0.05) is 5.16 Å². The van der Waals surface area contributed by atoms with Crippen LogP contribution >= 0.6 is 0 Å². The van der Waals surface area contributed by atoms with Gasteiger partial charge in [0.1, 0.15) is 12.4 Å². The molecule has 0 atom stereocenters. The van der Waals surface area contributed by atoms with Crippen LogP contribution < -0.4 is 4.74 Å². The van der Waals surface area contributed by atoms with Crippen molar-refractivity contribution in [1.82, 2.24) is 10.1 Å². The molecule has 1 aromatic carbocycles.